The van der Waals surface area contributed by atoms with Crippen LogP contribution in [-0.2, 0) is 14.4 Å². The molecule has 2 rings (SSSR count). The van der Waals surface area contributed by atoms with Gasteiger partial charge in [-0.05, 0) is 78.2 Å². The average Bonchev–Trinajstić information content (AvgIpc) is 2.70. The maximum absolute atomic E-state index is 10.1. The highest BCUT2D eigenvalue weighted by Crippen LogP contribution is 2.15. The van der Waals surface area contributed by atoms with Gasteiger partial charge in [0.2, 0.25) is 0 Å². The normalized spacial score (nSPS) is 20.9. The topological polar surface area (TPSA) is 51.2 Å². The van der Waals surface area contributed by atoms with Crippen LogP contribution < -0.4 is 0 Å². The van der Waals surface area contributed by atoms with Gasteiger partial charge in [0.25, 0.3) is 0 Å². The summed E-state index contributed by atoms with van der Waals surface area (Å²) < 4.78 is 0. The molecule has 0 bridgehead atoms. The fraction of sp³-hybridized carbons (Fsp3) is 0.542. The summed E-state index contributed by atoms with van der Waals surface area (Å²) >= 11 is 0. The van der Waals surface area contributed by atoms with E-state index in [2.05, 4.69) is 44.2 Å². The monoisotopic (exact) mass is 372 g/mol. The zero-order valence-corrected chi connectivity index (χ0v) is 17.2. The largest absolute Gasteiger partial charge is 0.303 e. The second kappa shape index (κ2) is 17.4. The first-order valence-corrected chi connectivity index (χ1v) is 9.98. The van der Waals surface area contributed by atoms with Crippen LogP contribution in [0.4, 0.5) is 0 Å². The van der Waals surface area contributed by atoms with Gasteiger partial charge >= 0.3 is 0 Å². The van der Waals surface area contributed by atoms with Gasteiger partial charge in [0.15, 0.2) is 0 Å². The van der Waals surface area contributed by atoms with Crippen molar-refractivity contribution < 1.29 is 14.4 Å². The Kier molecular flexibility index (Phi) is 16.1. The molecule has 3 heteroatoms. The van der Waals surface area contributed by atoms with Crippen molar-refractivity contribution in [2.24, 2.45) is 11.8 Å². The molecule has 27 heavy (non-hydrogen) atoms. The molecule has 0 amide bonds. The SMILES string of the molecule is CC(C)=CCC/C(C)=C/C=O.O=CC1CC=CCC1.O=CC1CC=CCC1. The Morgan fingerprint density at radius 2 is 1.37 bits per heavy atom. The second-order valence-electron chi connectivity index (χ2n) is 7.33. The Morgan fingerprint density at radius 3 is 1.67 bits per heavy atom. The van der Waals surface area contributed by atoms with Crippen LogP contribution in [0.5, 0.6) is 0 Å². The van der Waals surface area contributed by atoms with Crippen molar-refractivity contribution in [2.75, 3.05) is 0 Å². The minimum Gasteiger partial charge on any atom is -0.303 e. The summed E-state index contributed by atoms with van der Waals surface area (Å²) in [6.45, 7) is 6.14. The Balaban J connectivity index is 0.000000381. The summed E-state index contributed by atoms with van der Waals surface area (Å²) in [5, 5.41) is 0. The fourth-order valence-corrected chi connectivity index (χ4v) is 2.67. The minimum atomic E-state index is 0.319. The summed E-state index contributed by atoms with van der Waals surface area (Å²) in [5.41, 5.74) is 2.49. The van der Waals surface area contributed by atoms with Gasteiger partial charge in [-0.25, -0.2) is 0 Å². The Morgan fingerprint density at radius 1 is 0.852 bits per heavy atom. The van der Waals surface area contributed by atoms with E-state index >= 15 is 0 Å². The van der Waals surface area contributed by atoms with Gasteiger partial charge in [-0.3, -0.25) is 4.79 Å². The lowest BCUT2D eigenvalue weighted by atomic mass is 9.96. The van der Waals surface area contributed by atoms with E-state index in [1.54, 1.807) is 6.08 Å². The molecule has 0 radical (unpaired) electrons. The van der Waals surface area contributed by atoms with Gasteiger partial charge < -0.3 is 9.59 Å². The lowest BCUT2D eigenvalue weighted by Crippen LogP contribution is -2.02. The third-order valence-corrected chi connectivity index (χ3v) is 4.45. The van der Waals surface area contributed by atoms with Crippen molar-refractivity contribution in [2.45, 2.75) is 72.1 Å². The number of carbonyl (C=O) groups is 3. The molecule has 0 aromatic carbocycles. The summed E-state index contributed by atoms with van der Waals surface area (Å²) in [6, 6.07) is 0. The molecule has 150 valence electrons. The van der Waals surface area contributed by atoms with Crippen LogP contribution in [0, 0.1) is 11.8 Å². The molecule has 0 aromatic rings. The second-order valence-corrected chi connectivity index (χ2v) is 7.33. The van der Waals surface area contributed by atoms with Crippen molar-refractivity contribution >= 4 is 18.9 Å². The first kappa shape index (κ1) is 25.0. The molecule has 2 unspecified atom stereocenters. The van der Waals surface area contributed by atoms with E-state index in [0.29, 0.717) is 11.8 Å². The van der Waals surface area contributed by atoms with Crippen molar-refractivity contribution in [3.8, 4) is 0 Å². The van der Waals surface area contributed by atoms with Crippen LogP contribution in [0.25, 0.3) is 0 Å². The molecule has 0 spiro atoms. The molecule has 2 atom stereocenters. The van der Waals surface area contributed by atoms with E-state index in [-0.39, 0.29) is 0 Å². The highest BCUT2D eigenvalue weighted by atomic mass is 16.1. The standard InChI is InChI=1S/C10H16O.2C7H10O/c1-9(2)5-4-6-10(3)7-8-11;2*8-6-7-4-2-1-3-5-7/h5,7-8H,4,6H2,1-3H3;2*1-2,6-7H,3-5H2/b10-7+;;. The first-order valence-electron chi connectivity index (χ1n) is 9.98. The Bertz CT molecular complexity index is 506. The summed E-state index contributed by atoms with van der Waals surface area (Å²) in [7, 11) is 0. The number of aldehydes is 3. The lowest BCUT2D eigenvalue weighted by Gasteiger charge is -2.08. The molecule has 0 aromatic heterocycles. The van der Waals surface area contributed by atoms with Crippen LogP contribution in [0.3, 0.4) is 0 Å². The molecule has 2 aliphatic carbocycles. The lowest BCUT2D eigenvalue weighted by molar-refractivity contribution is -0.112. The highest BCUT2D eigenvalue weighted by Gasteiger charge is 2.06. The Hall–Kier alpha value is -2.03. The zero-order chi connectivity index (χ0) is 20.3. The van der Waals surface area contributed by atoms with Crippen LogP contribution in [-0.4, -0.2) is 18.9 Å². The highest BCUT2D eigenvalue weighted by molar-refractivity contribution is 5.65. The number of hydrogen-bond donors (Lipinski definition) is 0. The molecule has 0 fully saturated rings. The maximum Gasteiger partial charge on any atom is 0.142 e. The number of hydrogen-bond acceptors (Lipinski definition) is 3. The molecule has 0 heterocycles. The summed E-state index contributed by atoms with van der Waals surface area (Å²) in [6.07, 6.45) is 23.5. The minimum absolute atomic E-state index is 0.319. The van der Waals surface area contributed by atoms with Crippen LogP contribution >= 0.6 is 0 Å². The van der Waals surface area contributed by atoms with Gasteiger partial charge in [0.1, 0.15) is 18.9 Å². The van der Waals surface area contributed by atoms with Crippen molar-refractivity contribution in [1.29, 1.82) is 0 Å². The van der Waals surface area contributed by atoms with Crippen molar-refractivity contribution in [3.05, 3.63) is 47.6 Å². The molecular formula is C24H36O3. The van der Waals surface area contributed by atoms with E-state index < -0.39 is 0 Å². The van der Waals surface area contributed by atoms with Gasteiger partial charge in [0, 0.05) is 11.8 Å². The van der Waals surface area contributed by atoms with E-state index in [4.69, 9.17) is 0 Å². The first-order chi connectivity index (χ1) is 13.0. The summed E-state index contributed by atoms with van der Waals surface area (Å²) in [4.78, 5) is 30.3. The van der Waals surface area contributed by atoms with Gasteiger partial charge in [-0.15, -0.1) is 0 Å². The van der Waals surface area contributed by atoms with Gasteiger partial charge in [0.05, 0.1) is 0 Å². The van der Waals surface area contributed by atoms with Crippen molar-refractivity contribution in [1.82, 2.24) is 0 Å². The third kappa shape index (κ3) is 15.9. The summed E-state index contributed by atoms with van der Waals surface area (Å²) in [5.74, 6) is 0.639. The van der Waals surface area contributed by atoms with E-state index in [1.165, 1.54) is 5.57 Å². The molecule has 2 aliphatic rings. The van der Waals surface area contributed by atoms with Crippen LogP contribution in [0.2, 0.25) is 0 Å². The van der Waals surface area contributed by atoms with E-state index in [0.717, 1.165) is 75.8 Å². The molecule has 0 N–H and O–H groups in total. The van der Waals surface area contributed by atoms with Crippen LogP contribution in [0.1, 0.15) is 72.1 Å². The Labute approximate surface area is 165 Å². The zero-order valence-electron chi connectivity index (χ0n) is 17.2. The predicted octanol–water partition coefficient (Wildman–Crippen LogP) is 5.96. The fourth-order valence-electron chi connectivity index (χ4n) is 2.67. The quantitative estimate of drug-likeness (QED) is 0.328. The number of rotatable bonds is 6. The molecule has 3 nitrogen and oxygen atoms in total. The molecule has 0 aliphatic heterocycles. The molecule has 0 saturated carbocycles. The molecular weight excluding hydrogens is 336 g/mol. The van der Waals surface area contributed by atoms with Gasteiger partial charge in [-0.2, -0.15) is 0 Å². The van der Waals surface area contributed by atoms with Crippen LogP contribution in [0.15, 0.2) is 47.6 Å². The smallest absolute Gasteiger partial charge is 0.142 e. The van der Waals surface area contributed by atoms with E-state index in [1.807, 2.05) is 6.92 Å². The molecule has 0 saturated heterocycles. The number of carbonyl (C=O) groups excluding carboxylic acids is 3. The number of allylic oxidation sites excluding steroid dienone is 8. The van der Waals surface area contributed by atoms with Crippen molar-refractivity contribution in [3.63, 3.8) is 0 Å². The predicted molar refractivity (Wildman–Crippen MR) is 114 cm³/mol. The van der Waals surface area contributed by atoms with E-state index in [9.17, 15) is 14.4 Å². The third-order valence-electron chi connectivity index (χ3n) is 4.45. The van der Waals surface area contributed by atoms with Gasteiger partial charge in [-0.1, -0.05) is 41.5 Å². The maximum atomic E-state index is 10.1. The average molecular weight is 373 g/mol.